The first-order valence-corrected chi connectivity index (χ1v) is 8.21. The van der Waals surface area contributed by atoms with Crippen LogP contribution in [-0.4, -0.2) is 19.9 Å². The van der Waals surface area contributed by atoms with Crippen molar-refractivity contribution in [3.05, 3.63) is 59.7 Å². The molecule has 0 fully saturated rings. The lowest BCUT2D eigenvalue weighted by Crippen LogP contribution is -2.27. The van der Waals surface area contributed by atoms with Crippen LogP contribution in [0.5, 0.6) is 11.5 Å². The minimum Gasteiger partial charge on any atom is -0.497 e. The van der Waals surface area contributed by atoms with Crippen molar-refractivity contribution in [2.45, 2.75) is 25.7 Å². The van der Waals surface area contributed by atoms with Crippen LogP contribution in [0, 0.1) is 0 Å². The molecule has 3 nitrogen and oxygen atoms in total. The first kappa shape index (κ1) is 16.3. The number of ether oxygens (including phenoxy) is 2. The van der Waals surface area contributed by atoms with Gasteiger partial charge in [0, 0.05) is 17.0 Å². The van der Waals surface area contributed by atoms with Gasteiger partial charge in [0.1, 0.15) is 11.5 Å². The van der Waals surface area contributed by atoms with E-state index in [-0.39, 0.29) is 5.41 Å². The van der Waals surface area contributed by atoms with Crippen molar-refractivity contribution < 1.29 is 9.47 Å². The van der Waals surface area contributed by atoms with Crippen molar-refractivity contribution in [2.24, 2.45) is 4.99 Å². The lowest BCUT2D eigenvalue weighted by Gasteiger charge is -2.24. The molecular weight excluding hydrogens is 298 g/mol. The fourth-order valence-electron chi connectivity index (χ4n) is 3.15. The Morgan fingerprint density at radius 1 is 1.04 bits per heavy atom. The largest absolute Gasteiger partial charge is 0.497 e. The Kier molecular flexibility index (Phi) is 4.43. The smallest absolute Gasteiger partial charge is 0.129 e. The summed E-state index contributed by atoms with van der Waals surface area (Å²) in [6.07, 6.45) is 5.18. The van der Waals surface area contributed by atoms with E-state index in [1.165, 1.54) is 5.56 Å². The summed E-state index contributed by atoms with van der Waals surface area (Å²) in [4.78, 5) is 4.84. The van der Waals surface area contributed by atoms with E-state index >= 15 is 0 Å². The summed E-state index contributed by atoms with van der Waals surface area (Å²) >= 11 is 0. The number of benzene rings is 2. The van der Waals surface area contributed by atoms with E-state index in [1.54, 1.807) is 14.2 Å². The van der Waals surface area contributed by atoms with E-state index in [2.05, 4.69) is 44.2 Å². The van der Waals surface area contributed by atoms with Crippen LogP contribution >= 0.6 is 0 Å². The van der Waals surface area contributed by atoms with Crippen LogP contribution in [0.25, 0.3) is 6.08 Å². The van der Waals surface area contributed by atoms with Crippen LogP contribution < -0.4 is 9.47 Å². The van der Waals surface area contributed by atoms with Gasteiger partial charge >= 0.3 is 0 Å². The van der Waals surface area contributed by atoms with E-state index in [9.17, 15) is 0 Å². The number of aliphatic imine (C=N–C) groups is 1. The zero-order chi connectivity index (χ0) is 17.2. The van der Waals surface area contributed by atoms with E-state index < -0.39 is 0 Å². The van der Waals surface area contributed by atoms with Crippen molar-refractivity contribution in [3.63, 3.8) is 0 Å². The molecule has 1 aliphatic heterocycles. The maximum absolute atomic E-state index is 5.47. The quantitative estimate of drug-likeness (QED) is 0.760. The molecule has 3 heteroatoms. The molecule has 124 valence electrons. The lowest BCUT2D eigenvalue weighted by molar-refractivity contribution is 0.394. The third-order valence-corrected chi connectivity index (χ3v) is 4.87. The average molecular weight is 321 g/mol. The van der Waals surface area contributed by atoms with Gasteiger partial charge in [0.25, 0.3) is 0 Å². The molecule has 0 spiro atoms. The Morgan fingerprint density at radius 3 is 2.54 bits per heavy atom. The molecule has 2 aromatic carbocycles. The minimum atomic E-state index is -0.0488. The fraction of sp³-hybridized carbons (Fsp3) is 0.286. The monoisotopic (exact) mass is 321 g/mol. The molecule has 1 aliphatic rings. The minimum absolute atomic E-state index is 0.0488. The zero-order valence-electron chi connectivity index (χ0n) is 14.7. The molecule has 0 saturated heterocycles. The SMILES string of the molecule is CCC1(C)C(C=Cc2ccc(OC)cc2OC)=Nc2ccccc21. The second-order valence-corrected chi connectivity index (χ2v) is 6.14. The number of hydrogen-bond acceptors (Lipinski definition) is 3. The van der Waals surface area contributed by atoms with Crippen molar-refractivity contribution in [1.29, 1.82) is 0 Å². The van der Waals surface area contributed by atoms with E-state index in [4.69, 9.17) is 14.5 Å². The number of fused-ring (bicyclic) bond motifs is 1. The Balaban J connectivity index is 1.96. The molecule has 24 heavy (non-hydrogen) atoms. The van der Waals surface area contributed by atoms with Crippen molar-refractivity contribution in [1.82, 2.24) is 0 Å². The molecule has 3 rings (SSSR count). The second-order valence-electron chi connectivity index (χ2n) is 6.14. The normalized spacial score (nSPS) is 19.2. The van der Waals surface area contributed by atoms with Gasteiger partial charge in [-0.25, -0.2) is 0 Å². The summed E-state index contributed by atoms with van der Waals surface area (Å²) in [5.74, 6) is 1.58. The molecule has 0 aromatic heterocycles. The number of para-hydroxylation sites is 1. The van der Waals surface area contributed by atoms with Crippen LogP contribution in [0.3, 0.4) is 0 Å². The number of nitrogens with zero attached hydrogens (tertiary/aromatic N) is 1. The van der Waals surface area contributed by atoms with E-state index in [0.717, 1.165) is 34.9 Å². The molecule has 1 heterocycles. The van der Waals surface area contributed by atoms with Gasteiger partial charge in [-0.05, 0) is 49.3 Å². The number of allylic oxidation sites excluding steroid dienone is 1. The lowest BCUT2D eigenvalue weighted by atomic mass is 9.77. The molecule has 0 amide bonds. The van der Waals surface area contributed by atoms with E-state index in [0.29, 0.717) is 0 Å². The Hall–Kier alpha value is -2.55. The van der Waals surface area contributed by atoms with Gasteiger partial charge in [0.05, 0.1) is 25.6 Å². The van der Waals surface area contributed by atoms with Crippen LogP contribution in [0.15, 0.2) is 53.5 Å². The predicted octanol–water partition coefficient (Wildman–Crippen LogP) is 5.17. The Bertz CT molecular complexity index is 807. The summed E-state index contributed by atoms with van der Waals surface area (Å²) in [6.45, 7) is 4.46. The molecule has 0 radical (unpaired) electrons. The number of hydrogen-bond donors (Lipinski definition) is 0. The highest BCUT2D eigenvalue weighted by molar-refractivity contribution is 6.10. The molecule has 0 bridgehead atoms. The summed E-state index contributed by atoms with van der Waals surface area (Å²) in [7, 11) is 3.33. The average Bonchev–Trinajstić information content (AvgIpc) is 2.92. The van der Waals surface area contributed by atoms with Gasteiger partial charge in [-0.1, -0.05) is 25.1 Å². The predicted molar refractivity (Wildman–Crippen MR) is 99.8 cm³/mol. The highest BCUT2D eigenvalue weighted by Gasteiger charge is 2.35. The summed E-state index contributed by atoms with van der Waals surface area (Å²) in [6, 6.07) is 14.2. The van der Waals surface area contributed by atoms with Gasteiger partial charge in [0.15, 0.2) is 0 Å². The maximum Gasteiger partial charge on any atom is 0.129 e. The maximum atomic E-state index is 5.47. The van der Waals surface area contributed by atoms with Crippen LogP contribution in [0.4, 0.5) is 5.69 Å². The molecule has 2 aromatic rings. The van der Waals surface area contributed by atoms with Gasteiger partial charge in [-0.15, -0.1) is 0 Å². The third-order valence-electron chi connectivity index (χ3n) is 4.87. The van der Waals surface area contributed by atoms with Crippen molar-refractivity contribution in [2.75, 3.05) is 14.2 Å². The molecule has 1 unspecified atom stereocenters. The molecule has 0 saturated carbocycles. The van der Waals surface area contributed by atoms with Crippen molar-refractivity contribution in [3.8, 4) is 11.5 Å². The highest BCUT2D eigenvalue weighted by atomic mass is 16.5. The topological polar surface area (TPSA) is 30.8 Å². The first-order valence-electron chi connectivity index (χ1n) is 8.21. The highest BCUT2D eigenvalue weighted by Crippen LogP contribution is 2.42. The third kappa shape index (κ3) is 2.71. The molecule has 0 N–H and O–H groups in total. The van der Waals surface area contributed by atoms with E-state index in [1.807, 2.05) is 24.3 Å². The number of rotatable bonds is 5. The van der Waals surface area contributed by atoms with Crippen LogP contribution in [0.1, 0.15) is 31.4 Å². The first-order chi connectivity index (χ1) is 11.6. The molecular formula is C21H23NO2. The Morgan fingerprint density at radius 2 is 1.83 bits per heavy atom. The van der Waals surface area contributed by atoms with Gasteiger partial charge in [0.2, 0.25) is 0 Å². The molecule has 1 atom stereocenters. The summed E-state index contributed by atoms with van der Waals surface area (Å²) in [5.41, 5.74) is 4.42. The fourth-order valence-corrected chi connectivity index (χ4v) is 3.15. The second kappa shape index (κ2) is 6.52. The standard InChI is InChI=1S/C21H23NO2/c1-5-21(2)17-8-6-7-9-18(17)22-20(21)13-11-15-10-12-16(23-3)14-19(15)24-4/h6-14H,5H2,1-4H3. The van der Waals surface area contributed by atoms with Gasteiger partial charge in [-0.3, -0.25) is 4.99 Å². The Labute approximate surface area is 143 Å². The number of methoxy groups -OCH3 is 2. The van der Waals surface area contributed by atoms with Crippen LogP contribution in [0.2, 0.25) is 0 Å². The van der Waals surface area contributed by atoms with Gasteiger partial charge in [-0.2, -0.15) is 0 Å². The van der Waals surface area contributed by atoms with Crippen molar-refractivity contribution >= 4 is 17.5 Å². The zero-order valence-corrected chi connectivity index (χ0v) is 14.7. The van der Waals surface area contributed by atoms with Gasteiger partial charge < -0.3 is 9.47 Å². The summed E-state index contributed by atoms with van der Waals surface area (Å²) in [5, 5.41) is 0. The van der Waals surface area contributed by atoms with Crippen LogP contribution in [-0.2, 0) is 5.41 Å². The summed E-state index contributed by atoms with van der Waals surface area (Å²) < 4.78 is 10.7. The molecule has 0 aliphatic carbocycles.